The van der Waals surface area contributed by atoms with Crippen LogP contribution in [0.1, 0.15) is 41.0 Å². The zero-order valence-electron chi connectivity index (χ0n) is 12.0. The van der Waals surface area contributed by atoms with E-state index in [-0.39, 0.29) is 41.3 Å². The number of amides is 1. The quantitative estimate of drug-likeness (QED) is 0.297. The highest BCUT2D eigenvalue weighted by Crippen LogP contribution is 1.97. The fraction of sp³-hybridized carbons (Fsp3) is 0.833. The lowest BCUT2D eigenvalue weighted by molar-refractivity contribution is -0.123. The van der Waals surface area contributed by atoms with Gasteiger partial charge in [-0.25, -0.2) is 0 Å². The standard InChI is InChI=1S/C12H26N4O.HI/c1-9(2)10(17)14-7-6-8-15-11(13)16-12(3,4)5;/h9H,6-8H2,1-5H3,(H,14,17)(H3,13,15,16);1H. The Bertz CT molecular complexity index is 272. The number of carbonyl (C=O) groups excluding carboxylic acids is 1. The molecule has 0 unspecified atom stereocenters. The van der Waals surface area contributed by atoms with Gasteiger partial charge in [0, 0.05) is 24.5 Å². The third kappa shape index (κ3) is 11.9. The average molecular weight is 370 g/mol. The monoisotopic (exact) mass is 370 g/mol. The molecule has 1 amide bonds. The Balaban J connectivity index is 0. The summed E-state index contributed by atoms with van der Waals surface area (Å²) in [6, 6.07) is 0. The van der Waals surface area contributed by atoms with Crippen LogP contribution in [0.4, 0.5) is 0 Å². The molecule has 0 fully saturated rings. The molecule has 18 heavy (non-hydrogen) atoms. The third-order valence-corrected chi connectivity index (χ3v) is 1.94. The van der Waals surface area contributed by atoms with Crippen molar-refractivity contribution in [2.24, 2.45) is 16.6 Å². The molecule has 0 aromatic rings. The summed E-state index contributed by atoms with van der Waals surface area (Å²) >= 11 is 0. The fourth-order valence-electron chi connectivity index (χ4n) is 1.12. The summed E-state index contributed by atoms with van der Waals surface area (Å²) < 4.78 is 0. The van der Waals surface area contributed by atoms with E-state index in [1.54, 1.807) is 0 Å². The van der Waals surface area contributed by atoms with Crippen molar-refractivity contribution in [3.63, 3.8) is 0 Å². The third-order valence-electron chi connectivity index (χ3n) is 1.94. The van der Waals surface area contributed by atoms with Crippen LogP contribution in [0.15, 0.2) is 4.99 Å². The Morgan fingerprint density at radius 2 is 1.89 bits per heavy atom. The summed E-state index contributed by atoms with van der Waals surface area (Å²) in [5.41, 5.74) is 5.63. The first-order valence-electron chi connectivity index (χ1n) is 6.08. The Kier molecular flexibility index (Phi) is 10.3. The SMILES string of the molecule is CC(C)C(=O)NCCCN=C(N)NC(C)(C)C.I. The van der Waals surface area contributed by atoms with Crippen molar-refractivity contribution in [1.82, 2.24) is 10.6 Å². The minimum Gasteiger partial charge on any atom is -0.370 e. The first-order valence-corrected chi connectivity index (χ1v) is 6.08. The summed E-state index contributed by atoms with van der Waals surface area (Å²) in [7, 11) is 0. The molecule has 0 saturated carbocycles. The van der Waals surface area contributed by atoms with Crippen LogP contribution in [-0.4, -0.2) is 30.5 Å². The molecule has 6 heteroatoms. The molecule has 0 aliphatic rings. The van der Waals surface area contributed by atoms with E-state index in [2.05, 4.69) is 15.6 Å². The second-order valence-corrected chi connectivity index (χ2v) is 5.44. The number of nitrogens with two attached hydrogens (primary N) is 1. The normalized spacial score (nSPS) is 12.0. The number of aliphatic imine (C=N–C) groups is 1. The molecule has 108 valence electrons. The number of hydrogen-bond acceptors (Lipinski definition) is 2. The first kappa shape index (κ1) is 19.8. The molecule has 0 heterocycles. The number of hydrogen-bond donors (Lipinski definition) is 3. The van der Waals surface area contributed by atoms with Crippen LogP contribution in [0.2, 0.25) is 0 Å². The van der Waals surface area contributed by atoms with Gasteiger partial charge in [-0.1, -0.05) is 13.8 Å². The van der Waals surface area contributed by atoms with Gasteiger partial charge in [-0.2, -0.15) is 0 Å². The maximum atomic E-state index is 11.2. The van der Waals surface area contributed by atoms with Gasteiger partial charge in [0.1, 0.15) is 0 Å². The largest absolute Gasteiger partial charge is 0.370 e. The van der Waals surface area contributed by atoms with Crippen LogP contribution in [-0.2, 0) is 4.79 Å². The van der Waals surface area contributed by atoms with E-state index in [0.29, 0.717) is 19.0 Å². The van der Waals surface area contributed by atoms with E-state index >= 15 is 0 Å². The second-order valence-electron chi connectivity index (χ2n) is 5.44. The Morgan fingerprint density at radius 3 is 2.33 bits per heavy atom. The maximum absolute atomic E-state index is 11.2. The van der Waals surface area contributed by atoms with Crippen molar-refractivity contribution in [3.05, 3.63) is 0 Å². The summed E-state index contributed by atoms with van der Waals surface area (Å²) in [4.78, 5) is 15.4. The van der Waals surface area contributed by atoms with Crippen LogP contribution in [0, 0.1) is 5.92 Å². The number of guanidine groups is 1. The number of rotatable bonds is 5. The van der Waals surface area contributed by atoms with Gasteiger partial charge in [0.25, 0.3) is 0 Å². The van der Waals surface area contributed by atoms with Gasteiger partial charge in [-0.3, -0.25) is 9.79 Å². The first-order chi connectivity index (χ1) is 7.72. The van der Waals surface area contributed by atoms with Crippen molar-refractivity contribution < 1.29 is 4.79 Å². The molecule has 0 spiro atoms. The van der Waals surface area contributed by atoms with Crippen LogP contribution < -0.4 is 16.4 Å². The minimum atomic E-state index is -0.0700. The maximum Gasteiger partial charge on any atom is 0.222 e. The van der Waals surface area contributed by atoms with E-state index in [1.165, 1.54) is 0 Å². The van der Waals surface area contributed by atoms with Crippen LogP contribution in [0.5, 0.6) is 0 Å². The van der Waals surface area contributed by atoms with Crippen molar-refractivity contribution in [2.75, 3.05) is 13.1 Å². The molecular weight excluding hydrogens is 343 g/mol. The van der Waals surface area contributed by atoms with Gasteiger partial charge in [-0.05, 0) is 27.2 Å². The molecular formula is C12H27IN4O. The molecule has 4 N–H and O–H groups in total. The molecule has 0 aliphatic carbocycles. The molecule has 0 aromatic carbocycles. The van der Waals surface area contributed by atoms with E-state index in [1.807, 2.05) is 34.6 Å². The minimum absolute atomic E-state index is 0. The van der Waals surface area contributed by atoms with Gasteiger partial charge in [0.2, 0.25) is 5.91 Å². The lowest BCUT2D eigenvalue weighted by atomic mass is 10.1. The summed E-state index contributed by atoms with van der Waals surface area (Å²) in [6.45, 7) is 11.1. The number of nitrogens with one attached hydrogen (secondary N) is 2. The summed E-state index contributed by atoms with van der Waals surface area (Å²) in [5, 5.41) is 5.91. The topological polar surface area (TPSA) is 79.5 Å². The van der Waals surface area contributed by atoms with Crippen molar-refractivity contribution in [3.8, 4) is 0 Å². The Morgan fingerprint density at radius 1 is 1.33 bits per heavy atom. The average Bonchev–Trinajstić information content (AvgIpc) is 2.13. The molecule has 0 radical (unpaired) electrons. The second kappa shape index (κ2) is 9.41. The van der Waals surface area contributed by atoms with Gasteiger partial charge in [-0.15, -0.1) is 24.0 Å². The lowest BCUT2D eigenvalue weighted by Gasteiger charge is -2.20. The molecule has 0 saturated heterocycles. The van der Waals surface area contributed by atoms with Gasteiger partial charge < -0.3 is 16.4 Å². The molecule has 0 bridgehead atoms. The van der Waals surface area contributed by atoms with Crippen LogP contribution in [0.25, 0.3) is 0 Å². The molecule has 5 nitrogen and oxygen atoms in total. The van der Waals surface area contributed by atoms with Crippen molar-refractivity contribution in [2.45, 2.75) is 46.6 Å². The lowest BCUT2D eigenvalue weighted by Crippen LogP contribution is -2.45. The smallest absolute Gasteiger partial charge is 0.222 e. The van der Waals surface area contributed by atoms with E-state index in [0.717, 1.165) is 6.42 Å². The molecule has 0 aliphatic heterocycles. The molecule has 0 aromatic heterocycles. The summed E-state index contributed by atoms with van der Waals surface area (Å²) in [6.07, 6.45) is 0.797. The predicted molar refractivity (Wildman–Crippen MR) is 87.3 cm³/mol. The molecule has 0 atom stereocenters. The zero-order valence-corrected chi connectivity index (χ0v) is 14.4. The fourth-order valence-corrected chi connectivity index (χ4v) is 1.12. The van der Waals surface area contributed by atoms with E-state index in [4.69, 9.17) is 5.73 Å². The zero-order chi connectivity index (χ0) is 13.5. The number of carbonyl (C=O) groups is 1. The number of halogens is 1. The van der Waals surface area contributed by atoms with Gasteiger partial charge in [0.15, 0.2) is 5.96 Å². The van der Waals surface area contributed by atoms with Crippen LogP contribution >= 0.6 is 24.0 Å². The highest BCUT2D eigenvalue weighted by molar-refractivity contribution is 14.0. The highest BCUT2D eigenvalue weighted by atomic mass is 127. The highest BCUT2D eigenvalue weighted by Gasteiger charge is 2.09. The summed E-state index contributed by atoms with van der Waals surface area (Å²) in [5.74, 6) is 0.564. The van der Waals surface area contributed by atoms with Crippen molar-refractivity contribution >= 4 is 35.8 Å². The number of nitrogens with zero attached hydrogens (tertiary/aromatic N) is 1. The molecule has 0 rings (SSSR count). The Labute approximate surface area is 127 Å². The predicted octanol–water partition coefficient (Wildman–Crippen LogP) is 1.47. The van der Waals surface area contributed by atoms with Crippen LogP contribution in [0.3, 0.4) is 0 Å². The van der Waals surface area contributed by atoms with E-state index in [9.17, 15) is 4.79 Å². The Hall–Kier alpha value is -0.530. The van der Waals surface area contributed by atoms with E-state index < -0.39 is 0 Å². The van der Waals surface area contributed by atoms with Gasteiger partial charge >= 0.3 is 0 Å². The van der Waals surface area contributed by atoms with Crippen molar-refractivity contribution in [1.29, 1.82) is 0 Å². The van der Waals surface area contributed by atoms with Gasteiger partial charge in [0.05, 0.1) is 0 Å².